The molecule has 1 aliphatic rings. The first-order valence-corrected chi connectivity index (χ1v) is 8.93. The fourth-order valence-electron chi connectivity index (χ4n) is 3.17. The molecule has 0 bridgehead atoms. The molecule has 6 nitrogen and oxygen atoms in total. The van der Waals surface area contributed by atoms with Gasteiger partial charge in [-0.15, -0.1) is 0 Å². The Hall–Kier alpha value is -2.86. The van der Waals surface area contributed by atoms with E-state index in [-0.39, 0.29) is 11.9 Å². The number of nitrogens with zero attached hydrogens (tertiary/aromatic N) is 2. The van der Waals surface area contributed by atoms with Gasteiger partial charge in [0.05, 0.1) is 19.8 Å². The Morgan fingerprint density at radius 1 is 0.926 bits per heavy atom. The molecule has 1 fully saturated rings. The second-order valence-corrected chi connectivity index (χ2v) is 6.49. The molecule has 0 saturated carbocycles. The predicted molar refractivity (Wildman–Crippen MR) is 102 cm³/mol. The molecular formula is C21H24N2O4. The van der Waals surface area contributed by atoms with E-state index in [1.165, 1.54) is 7.11 Å². The summed E-state index contributed by atoms with van der Waals surface area (Å²) in [4.78, 5) is 28.4. The van der Waals surface area contributed by atoms with Crippen molar-refractivity contribution in [3.05, 3.63) is 65.2 Å². The van der Waals surface area contributed by atoms with Gasteiger partial charge >= 0.3 is 5.97 Å². The van der Waals surface area contributed by atoms with Crippen LogP contribution in [0.2, 0.25) is 0 Å². The zero-order valence-corrected chi connectivity index (χ0v) is 15.7. The lowest BCUT2D eigenvalue weighted by Gasteiger charge is -2.34. The van der Waals surface area contributed by atoms with Crippen molar-refractivity contribution in [2.24, 2.45) is 0 Å². The van der Waals surface area contributed by atoms with Crippen LogP contribution < -0.4 is 4.74 Å². The summed E-state index contributed by atoms with van der Waals surface area (Å²) in [5.74, 6) is 0.400. The minimum absolute atomic E-state index is 0.0379. The zero-order chi connectivity index (χ0) is 19.2. The van der Waals surface area contributed by atoms with Crippen molar-refractivity contribution >= 4 is 11.9 Å². The number of ether oxygens (including phenoxy) is 2. The van der Waals surface area contributed by atoms with Crippen LogP contribution in [-0.2, 0) is 11.3 Å². The van der Waals surface area contributed by atoms with Crippen LogP contribution in [0.4, 0.5) is 0 Å². The molecule has 0 unspecified atom stereocenters. The van der Waals surface area contributed by atoms with E-state index in [2.05, 4.69) is 4.90 Å². The minimum atomic E-state index is -0.328. The van der Waals surface area contributed by atoms with E-state index in [0.717, 1.165) is 25.2 Å². The van der Waals surface area contributed by atoms with Crippen molar-refractivity contribution in [1.82, 2.24) is 9.80 Å². The normalized spacial score (nSPS) is 14.7. The lowest BCUT2D eigenvalue weighted by Crippen LogP contribution is -2.48. The maximum Gasteiger partial charge on any atom is 0.337 e. The van der Waals surface area contributed by atoms with E-state index in [1.807, 2.05) is 35.2 Å². The molecule has 1 amide bonds. The molecule has 27 heavy (non-hydrogen) atoms. The highest BCUT2D eigenvalue weighted by atomic mass is 16.5. The standard InChI is InChI=1S/C21H24N2O4/c1-26-19-5-3-4-18(14-19)20(24)23-12-10-22(11-13-23)15-16-6-8-17(9-7-16)21(25)27-2/h3-9,14H,10-13,15H2,1-2H3. The number of piperazine rings is 1. The van der Waals surface area contributed by atoms with Crippen molar-refractivity contribution < 1.29 is 19.1 Å². The van der Waals surface area contributed by atoms with Crippen molar-refractivity contribution in [1.29, 1.82) is 0 Å². The molecule has 2 aromatic carbocycles. The molecule has 0 atom stereocenters. The number of rotatable bonds is 5. The Labute approximate surface area is 159 Å². The molecule has 6 heteroatoms. The number of amides is 1. The minimum Gasteiger partial charge on any atom is -0.497 e. The maximum atomic E-state index is 12.7. The average molecular weight is 368 g/mol. The van der Waals surface area contributed by atoms with Gasteiger partial charge in [0, 0.05) is 38.3 Å². The third kappa shape index (κ3) is 4.65. The number of carbonyl (C=O) groups is 2. The van der Waals surface area contributed by atoms with Crippen molar-refractivity contribution in [2.45, 2.75) is 6.54 Å². The summed E-state index contributed by atoms with van der Waals surface area (Å²) in [6.07, 6.45) is 0. The van der Waals surface area contributed by atoms with E-state index in [9.17, 15) is 9.59 Å². The number of hydrogen-bond donors (Lipinski definition) is 0. The largest absolute Gasteiger partial charge is 0.497 e. The molecule has 0 spiro atoms. The SMILES string of the molecule is COC(=O)c1ccc(CN2CCN(C(=O)c3cccc(OC)c3)CC2)cc1. The van der Waals surface area contributed by atoms with Gasteiger partial charge in [-0.3, -0.25) is 9.69 Å². The fraction of sp³-hybridized carbons (Fsp3) is 0.333. The first kappa shape index (κ1) is 18.9. The van der Waals surface area contributed by atoms with Crippen LogP contribution in [0.1, 0.15) is 26.3 Å². The predicted octanol–water partition coefficient (Wildman–Crippen LogP) is 2.44. The number of benzene rings is 2. The Bertz CT molecular complexity index is 796. The van der Waals surface area contributed by atoms with Gasteiger partial charge in [-0.05, 0) is 35.9 Å². The Balaban J connectivity index is 1.54. The highest BCUT2D eigenvalue weighted by molar-refractivity contribution is 5.94. The van der Waals surface area contributed by atoms with Crippen LogP contribution in [-0.4, -0.2) is 62.1 Å². The molecular weight excluding hydrogens is 344 g/mol. The molecule has 0 aliphatic carbocycles. The number of methoxy groups -OCH3 is 2. The quantitative estimate of drug-likeness (QED) is 0.759. The van der Waals surface area contributed by atoms with E-state index in [0.29, 0.717) is 30.0 Å². The van der Waals surface area contributed by atoms with E-state index in [4.69, 9.17) is 9.47 Å². The van der Waals surface area contributed by atoms with Gasteiger partial charge in [0.2, 0.25) is 0 Å². The molecule has 0 radical (unpaired) electrons. The summed E-state index contributed by atoms with van der Waals surface area (Å²) in [5.41, 5.74) is 2.34. The van der Waals surface area contributed by atoms with Crippen molar-refractivity contribution in [3.63, 3.8) is 0 Å². The summed E-state index contributed by atoms with van der Waals surface area (Å²) in [7, 11) is 2.97. The highest BCUT2D eigenvalue weighted by Crippen LogP contribution is 2.16. The van der Waals surface area contributed by atoms with E-state index >= 15 is 0 Å². The number of carbonyl (C=O) groups excluding carboxylic acids is 2. The first-order chi connectivity index (χ1) is 13.1. The number of hydrogen-bond acceptors (Lipinski definition) is 5. The second kappa shape index (κ2) is 8.68. The summed E-state index contributed by atoms with van der Waals surface area (Å²) in [6, 6.07) is 14.7. The van der Waals surface area contributed by atoms with Crippen LogP contribution >= 0.6 is 0 Å². The lowest BCUT2D eigenvalue weighted by molar-refractivity contribution is 0.0599. The molecule has 1 heterocycles. The third-order valence-corrected chi connectivity index (χ3v) is 4.76. The molecule has 0 aromatic heterocycles. The Kier molecular flexibility index (Phi) is 6.08. The topological polar surface area (TPSA) is 59.1 Å². The molecule has 0 N–H and O–H groups in total. The third-order valence-electron chi connectivity index (χ3n) is 4.76. The summed E-state index contributed by atoms with van der Waals surface area (Å²) in [6.45, 7) is 3.80. The maximum absolute atomic E-state index is 12.7. The van der Waals surface area contributed by atoms with Gasteiger partial charge in [-0.25, -0.2) is 4.79 Å². The van der Waals surface area contributed by atoms with Gasteiger partial charge in [-0.1, -0.05) is 18.2 Å². The van der Waals surface area contributed by atoms with E-state index in [1.54, 1.807) is 25.3 Å². The van der Waals surface area contributed by atoms with Gasteiger partial charge in [-0.2, -0.15) is 0 Å². The fourth-order valence-corrected chi connectivity index (χ4v) is 3.17. The number of esters is 1. The highest BCUT2D eigenvalue weighted by Gasteiger charge is 2.22. The van der Waals surface area contributed by atoms with Crippen LogP contribution in [0.25, 0.3) is 0 Å². The summed E-state index contributed by atoms with van der Waals surface area (Å²) >= 11 is 0. The first-order valence-electron chi connectivity index (χ1n) is 8.93. The van der Waals surface area contributed by atoms with Gasteiger partial charge in [0.25, 0.3) is 5.91 Å². The summed E-state index contributed by atoms with van der Waals surface area (Å²) in [5, 5.41) is 0. The van der Waals surface area contributed by atoms with E-state index < -0.39 is 0 Å². The summed E-state index contributed by atoms with van der Waals surface area (Å²) < 4.78 is 9.91. The lowest BCUT2D eigenvalue weighted by atomic mass is 10.1. The van der Waals surface area contributed by atoms with Crippen molar-refractivity contribution in [2.75, 3.05) is 40.4 Å². The van der Waals surface area contributed by atoms with Crippen LogP contribution in [0.15, 0.2) is 48.5 Å². The Morgan fingerprint density at radius 3 is 2.26 bits per heavy atom. The molecule has 2 aromatic rings. The van der Waals surface area contributed by atoms with Crippen molar-refractivity contribution in [3.8, 4) is 5.75 Å². The average Bonchev–Trinajstić information content (AvgIpc) is 2.74. The molecule has 142 valence electrons. The Morgan fingerprint density at radius 2 is 1.63 bits per heavy atom. The second-order valence-electron chi connectivity index (χ2n) is 6.49. The molecule has 3 rings (SSSR count). The molecule has 1 saturated heterocycles. The van der Waals surface area contributed by atoms with Gasteiger partial charge < -0.3 is 14.4 Å². The smallest absolute Gasteiger partial charge is 0.337 e. The van der Waals surface area contributed by atoms with Crippen LogP contribution in [0, 0.1) is 0 Å². The zero-order valence-electron chi connectivity index (χ0n) is 15.7. The van der Waals surface area contributed by atoms with Crippen LogP contribution in [0.3, 0.4) is 0 Å². The monoisotopic (exact) mass is 368 g/mol. The van der Waals surface area contributed by atoms with Crippen LogP contribution in [0.5, 0.6) is 5.75 Å². The molecule has 1 aliphatic heterocycles. The van der Waals surface area contributed by atoms with Gasteiger partial charge in [0.1, 0.15) is 5.75 Å². The van der Waals surface area contributed by atoms with Gasteiger partial charge in [0.15, 0.2) is 0 Å².